The van der Waals surface area contributed by atoms with Gasteiger partial charge in [0.2, 0.25) is 0 Å². The zero-order chi connectivity index (χ0) is 16.2. The molecule has 0 fully saturated rings. The third-order valence-electron chi connectivity index (χ3n) is 3.23. The molecular weight excluding hydrogens is 314 g/mol. The number of anilines is 2. The standard InChI is InChI=1S/C15H14ClN7/c1-10-6-14(23-15(22-10)20-9-21-23)19-5-4-18-13-7-12(16)3-2-11(13)8-17/h2-3,6-7,9,18-19H,4-5H2,1H3. The lowest BCUT2D eigenvalue weighted by molar-refractivity contribution is 0.915. The molecule has 0 unspecified atom stereocenters. The van der Waals surface area contributed by atoms with Crippen molar-refractivity contribution in [3.8, 4) is 6.07 Å². The summed E-state index contributed by atoms with van der Waals surface area (Å²) in [5.41, 5.74) is 2.15. The van der Waals surface area contributed by atoms with E-state index >= 15 is 0 Å². The van der Waals surface area contributed by atoms with Gasteiger partial charge in [0, 0.05) is 29.9 Å². The lowest BCUT2D eigenvalue weighted by atomic mass is 10.2. The highest BCUT2D eigenvalue weighted by atomic mass is 35.5. The third-order valence-corrected chi connectivity index (χ3v) is 3.46. The van der Waals surface area contributed by atoms with Gasteiger partial charge in [-0.3, -0.25) is 0 Å². The fourth-order valence-corrected chi connectivity index (χ4v) is 2.38. The van der Waals surface area contributed by atoms with Crippen LogP contribution in [0.15, 0.2) is 30.6 Å². The fraction of sp³-hybridized carbons (Fsp3) is 0.200. The molecule has 2 aromatic heterocycles. The Morgan fingerprint density at radius 2 is 2.09 bits per heavy atom. The quantitative estimate of drug-likeness (QED) is 0.700. The van der Waals surface area contributed by atoms with Crippen LogP contribution in [-0.4, -0.2) is 32.7 Å². The summed E-state index contributed by atoms with van der Waals surface area (Å²) in [4.78, 5) is 8.37. The third kappa shape index (κ3) is 3.33. The number of nitriles is 1. The van der Waals surface area contributed by atoms with Crippen molar-refractivity contribution in [2.45, 2.75) is 6.92 Å². The Morgan fingerprint density at radius 1 is 1.26 bits per heavy atom. The second kappa shape index (κ2) is 6.50. The van der Waals surface area contributed by atoms with Gasteiger partial charge in [-0.05, 0) is 25.1 Å². The highest BCUT2D eigenvalue weighted by Gasteiger charge is 2.05. The second-order valence-electron chi connectivity index (χ2n) is 4.91. The number of halogens is 1. The Balaban J connectivity index is 1.65. The van der Waals surface area contributed by atoms with Crippen molar-refractivity contribution >= 4 is 28.9 Å². The molecule has 2 N–H and O–H groups in total. The first kappa shape index (κ1) is 15.1. The predicted molar refractivity (Wildman–Crippen MR) is 88.7 cm³/mol. The predicted octanol–water partition coefficient (Wildman–Crippen LogP) is 2.48. The summed E-state index contributed by atoms with van der Waals surface area (Å²) in [6.07, 6.45) is 1.47. The Hall–Kier alpha value is -2.85. The average molecular weight is 328 g/mol. The van der Waals surface area contributed by atoms with Crippen LogP contribution in [-0.2, 0) is 0 Å². The van der Waals surface area contributed by atoms with Crippen molar-refractivity contribution < 1.29 is 0 Å². The smallest absolute Gasteiger partial charge is 0.254 e. The summed E-state index contributed by atoms with van der Waals surface area (Å²) in [6, 6.07) is 9.18. The van der Waals surface area contributed by atoms with Gasteiger partial charge in [-0.15, -0.1) is 0 Å². The van der Waals surface area contributed by atoms with E-state index in [4.69, 9.17) is 16.9 Å². The molecule has 0 atom stereocenters. The maximum atomic E-state index is 9.09. The Morgan fingerprint density at radius 3 is 2.91 bits per heavy atom. The molecule has 116 valence electrons. The van der Waals surface area contributed by atoms with Crippen LogP contribution >= 0.6 is 11.6 Å². The zero-order valence-corrected chi connectivity index (χ0v) is 13.2. The van der Waals surface area contributed by atoms with Gasteiger partial charge < -0.3 is 10.6 Å². The molecule has 0 saturated carbocycles. The first-order valence-corrected chi connectivity index (χ1v) is 7.40. The van der Waals surface area contributed by atoms with Crippen LogP contribution < -0.4 is 10.6 Å². The van der Waals surface area contributed by atoms with Gasteiger partial charge in [-0.25, -0.2) is 4.98 Å². The molecule has 0 amide bonds. The number of rotatable bonds is 5. The van der Waals surface area contributed by atoms with Gasteiger partial charge in [0.25, 0.3) is 5.78 Å². The van der Waals surface area contributed by atoms with Crippen molar-refractivity contribution in [3.63, 3.8) is 0 Å². The molecule has 2 heterocycles. The number of benzene rings is 1. The molecule has 23 heavy (non-hydrogen) atoms. The van der Waals surface area contributed by atoms with Crippen LogP contribution in [0.2, 0.25) is 5.02 Å². The molecule has 8 heteroatoms. The number of nitrogens with one attached hydrogen (secondary N) is 2. The summed E-state index contributed by atoms with van der Waals surface area (Å²) in [5.74, 6) is 1.38. The Kier molecular flexibility index (Phi) is 4.26. The Bertz CT molecular complexity index is 881. The number of nitrogens with zero attached hydrogens (tertiary/aromatic N) is 5. The summed E-state index contributed by atoms with van der Waals surface area (Å²) >= 11 is 5.96. The van der Waals surface area contributed by atoms with Crippen LogP contribution in [0.25, 0.3) is 5.78 Å². The van der Waals surface area contributed by atoms with E-state index in [1.807, 2.05) is 13.0 Å². The minimum Gasteiger partial charge on any atom is -0.382 e. The van der Waals surface area contributed by atoms with Gasteiger partial charge in [0.1, 0.15) is 18.2 Å². The Labute approximate surface area is 137 Å². The number of hydrogen-bond acceptors (Lipinski definition) is 6. The highest BCUT2D eigenvalue weighted by molar-refractivity contribution is 6.30. The maximum Gasteiger partial charge on any atom is 0.254 e. The van der Waals surface area contributed by atoms with E-state index < -0.39 is 0 Å². The summed E-state index contributed by atoms with van der Waals surface area (Å²) < 4.78 is 1.65. The molecule has 0 bridgehead atoms. The van der Waals surface area contributed by atoms with Crippen LogP contribution in [0.5, 0.6) is 0 Å². The molecule has 1 aromatic carbocycles. The second-order valence-corrected chi connectivity index (χ2v) is 5.35. The van der Waals surface area contributed by atoms with Crippen molar-refractivity contribution in [2.75, 3.05) is 23.7 Å². The number of aryl methyl sites for hydroxylation is 1. The largest absolute Gasteiger partial charge is 0.382 e. The molecule has 0 saturated heterocycles. The highest BCUT2D eigenvalue weighted by Crippen LogP contribution is 2.20. The summed E-state index contributed by atoms with van der Waals surface area (Å²) in [7, 11) is 0. The zero-order valence-electron chi connectivity index (χ0n) is 12.4. The first-order valence-electron chi connectivity index (χ1n) is 7.02. The number of aromatic nitrogens is 4. The van der Waals surface area contributed by atoms with Crippen molar-refractivity contribution in [2.24, 2.45) is 0 Å². The fourth-order valence-electron chi connectivity index (χ4n) is 2.20. The molecule has 0 aliphatic carbocycles. The monoisotopic (exact) mass is 327 g/mol. The molecule has 0 spiro atoms. The van der Waals surface area contributed by atoms with E-state index in [0.717, 1.165) is 17.2 Å². The topological polar surface area (TPSA) is 90.9 Å². The summed E-state index contributed by atoms with van der Waals surface area (Å²) in [5, 5.41) is 20.3. The van der Waals surface area contributed by atoms with E-state index in [9.17, 15) is 0 Å². The lowest BCUT2D eigenvalue weighted by Crippen LogP contribution is -2.16. The molecule has 0 radical (unpaired) electrons. The normalized spacial score (nSPS) is 10.5. The first-order chi connectivity index (χ1) is 11.2. The molecule has 7 nitrogen and oxygen atoms in total. The van der Waals surface area contributed by atoms with Gasteiger partial charge in [-0.2, -0.15) is 19.9 Å². The number of fused-ring (bicyclic) bond motifs is 1. The molecule has 0 aliphatic rings. The molecule has 3 aromatic rings. The van der Waals surface area contributed by atoms with E-state index in [-0.39, 0.29) is 0 Å². The SMILES string of the molecule is Cc1cc(NCCNc2cc(Cl)ccc2C#N)n2ncnc2n1. The summed E-state index contributed by atoms with van der Waals surface area (Å²) in [6.45, 7) is 3.16. The van der Waals surface area contributed by atoms with E-state index in [0.29, 0.717) is 29.5 Å². The molecule has 0 aliphatic heterocycles. The van der Waals surface area contributed by atoms with Crippen LogP contribution in [0.4, 0.5) is 11.5 Å². The lowest BCUT2D eigenvalue weighted by Gasteiger charge is -2.11. The van der Waals surface area contributed by atoms with Gasteiger partial charge in [0.15, 0.2) is 0 Å². The maximum absolute atomic E-state index is 9.09. The van der Waals surface area contributed by atoms with Crippen LogP contribution in [0.1, 0.15) is 11.3 Å². The average Bonchev–Trinajstić information content (AvgIpc) is 2.99. The van der Waals surface area contributed by atoms with Crippen molar-refractivity contribution in [1.29, 1.82) is 5.26 Å². The van der Waals surface area contributed by atoms with E-state index in [1.165, 1.54) is 6.33 Å². The van der Waals surface area contributed by atoms with E-state index in [1.54, 1.807) is 22.7 Å². The van der Waals surface area contributed by atoms with Crippen molar-refractivity contribution in [1.82, 2.24) is 19.6 Å². The van der Waals surface area contributed by atoms with Gasteiger partial charge >= 0.3 is 0 Å². The van der Waals surface area contributed by atoms with Gasteiger partial charge in [-0.1, -0.05) is 11.6 Å². The molecule has 3 rings (SSSR count). The number of hydrogen-bond donors (Lipinski definition) is 2. The van der Waals surface area contributed by atoms with Gasteiger partial charge in [0.05, 0.1) is 11.3 Å². The van der Waals surface area contributed by atoms with E-state index in [2.05, 4.69) is 31.8 Å². The minimum absolute atomic E-state index is 0.557. The minimum atomic E-state index is 0.557. The van der Waals surface area contributed by atoms with Crippen molar-refractivity contribution in [3.05, 3.63) is 46.9 Å². The molecular formula is C15H14ClN7. The van der Waals surface area contributed by atoms with Crippen LogP contribution in [0.3, 0.4) is 0 Å². The van der Waals surface area contributed by atoms with Crippen LogP contribution in [0, 0.1) is 18.3 Å².